The lowest BCUT2D eigenvalue weighted by atomic mass is 10.0. The van der Waals surface area contributed by atoms with Gasteiger partial charge in [0, 0.05) is 23.4 Å². The second-order valence-electron chi connectivity index (χ2n) is 5.67. The number of methoxy groups -OCH3 is 1. The minimum atomic E-state index is -0.000519. The monoisotopic (exact) mass is 296 g/mol. The lowest BCUT2D eigenvalue weighted by Crippen LogP contribution is -2.13. The highest BCUT2D eigenvalue weighted by Crippen LogP contribution is 2.29. The number of hydrogen-bond donors (Lipinski definition) is 2. The molecule has 0 radical (unpaired) electrons. The van der Waals surface area contributed by atoms with Crippen LogP contribution in [0.1, 0.15) is 40.0 Å². The van der Waals surface area contributed by atoms with Crippen LogP contribution in [-0.2, 0) is 6.54 Å². The third kappa shape index (κ3) is 2.64. The first kappa shape index (κ1) is 14.4. The Bertz CT molecular complexity index is 725. The quantitative estimate of drug-likeness (QED) is 0.909. The number of carbonyl (C=O) groups is 1. The number of hydrogen-bond acceptors (Lipinski definition) is 3. The highest BCUT2D eigenvalue weighted by Gasteiger charge is 2.19. The first-order chi connectivity index (χ1) is 10.6. The molecule has 1 aliphatic heterocycles. The van der Waals surface area contributed by atoms with Gasteiger partial charge in [-0.15, -0.1) is 0 Å². The molecule has 4 nitrogen and oxygen atoms in total. The van der Waals surface area contributed by atoms with E-state index >= 15 is 0 Å². The van der Waals surface area contributed by atoms with E-state index < -0.39 is 0 Å². The zero-order chi connectivity index (χ0) is 15.7. The number of rotatable bonds is 4. The van der Waals surface area contributed by atoms with E-state index in [1.54, 1.807) is 7.11 Å². The predicted molar refractivity (Wildman–Crippen MR) is 87.4 cm³/mol. The lowest BCUT2D eigenvalue weighted by Gasteiger charge is -2.19. The zero-order valence-corrected chi connectivity index (χ0v) is 13.1. The SMILES string of the molecule is COc1ccc(C)cc1[C@H](C)Nc1ccc2c(c1)C(=O)NC2. The Morgan fingerprint density at radius 2 is 2.05 bits per heavy atom. The highest BCUT2D eigenvalue weighted by atomic mass is 16.5. The van der Waals surface area contributed by atoms with Gasteiger partial charge in [0.25, 0.3) is 5.91 Å². The first-order valence-electron chi connectivity index (χ1n) is 7.40. The molecule has 0 bridgehead atoms. The van der Waals surface area contributed by atoms with Crippen molar-refractivity contribution in [1.82, 2.24) is 5.32 Å². The third-order valence-corrected chi connectivity index (χ3v) is 4.03. The van der Waals surface area contributed by atoms with Gasteiger partial charge in [0.15, 0.2) is 0 Å². The van der Waals surface area contributed by atoms with Crippen molar-refractivity contribution in [2.24, 2.45) is 0 Å². The minimum Gasteiger partial charge on any atom is -0.496 e. The Balaban J connectivity index is 1.86. The smallest absolute Gasteiger partial charge is 0.251 e. The van der Waals surface area contributed by atoms with Crippen LogP contribution < -0.4 is 15.4 Å². The number of amides is 1. The summed E-state index contributed by atoms with van der Waals surface area (Å²) in [6, 6.07) is 12.1. The molecule has 4 heteroatoms. The molecule has 1 atom stereocenters. The average Bonchev–Trinajstić information content (AvgIpc) is 2.88. The van der Waals surface area contributed by atoms with Gasteiger partial charge in [0.1, 0.15) is 5.75 Å². The Hall–Kier alpha value is -2.49. The molecule has 0 aromatic heterocycles. The standard InChI is InChI=1S/C18H20N2O2/c1-11-4-7-17(22-3)15(8-11)12(2)20-14-6-5-13-10-19-18(21)16(13)9-14/h4-9,12,20H,10H2,1-3H3,(H,19,21)/t12-/m0/s1. The summed E-state index contributed by atoms with van der Waals surface area (Å²) in [7, 11) is 1.68. The highest BCUT2D eigenvalue weighted by molar-refractivity contribution is 5.99. The van der Waals surface area contributed by atoms with Gasteiger partial charge in [0.05, 0.1) is 13.2 Å². The molecule has 0 aliphatic carbocycles. The van der Waals surface area contributed by atoms with Crippen LogP contribution in [-0.4, -0.2) is 13.0 Å². The van der Waals surface area contributed by atoms with Gasteiger partial charge in [-0.1, -0.05) is 23.8 Å². The van der Waals surface area contributed by atoms with Gasteiger partial charge >= 0.3 is 0 Å². The molecule has 22 heavy (non-hydrogen) atoms. The molecule has 1 heterocycles. The molecule has 0 fully saturated rings. The summed E-state index contributed by atoms with van der Waals surface area (Å²) in [5.41, 5.74) is 5.04. The van der Waals surface area contributed by atoms with Crippen molar-refractivity contribution in [2.45, 2.75) is 26.4 Å². The first-order valence-corrected chi connectivity index (χ1v) is 7.40. The van der Waals surface area contributed by atoms with E-state index in [-0.39, 0.29) is 11.9 Å². The fraction of sp³-hybridized carbons (Fsp3) is 0.278. The number of fused-ring (bicyclic) bond motifs is 1. The van der Waals surface area contributed by atoms with Crippen LogP contribution >= 0.6 is 0 Å². The van der Waals surface area contributed by atoms with E-state index in [1.807, 2.05) is 30.3 Å². The fourth-order valence-electron chi connectivity index (χ4n) is 2.82. The van der Waals surface area contributed by atoms with Gasteiger partial charge in [-0.3, -0.25) is 4.79 Å². The summed E-state index contributed by atoms with van der Waals surface area (Å²) in [6.07, 6.45) is 0. The van der Waals surface area contributed by atoms with Gasteiger partial charge in [0.2, 0.25) is 0 Å². The van der Waals surface area contributed by atoms with Crippen molar-refractivity contribution in [3.8, 4) is 5.75 Å². The largest absolute Gasteiger partial charge is 0.496 e. The molecule has 1 aliphatic rings. The van der Waals surface area contributed by atoms with Crippen LogP contribution in [0.5, 0.6) is 5.75 Å². The van der Waals surface area contributed by atoms with Crippen molar-refractivity contribution in [1.29, 1.82) is 0 Å². The zero-order valence-electron chi connectivity index (χ0n) is 13.1. The molecule has 1 amide bonds. The summed E-state index contributed by atoms with van der Waals surface area (Å²) >= 11 is 0. The molecule has 114 valence electrons. The van der Waals surface area contributed by atoms with Crippen LogP contribution in [0.2, 0.25) is 0 Å². The lowest BCUT2D eigenvalue weighted by molar-refractivity contribution is 0.0966. The Morgan fingerprint density at radius 3 is 2.82 bits per heavy atom. The molecule has 0 unspecified atom stereocenters. The number of ether oxygens (including phenoxy) is 1. The Morgan fingerprint density at radius 1 is 1.23 bits per heavy atom. The predicted octanol–water partition coefficient (Wildman–Crippen LogP) is 3.42. The van der Waals surface area contributed by atoms with Crippen LogP contribution in [0.25, 0.3) is 0 Å². The number of aryl methyl sites for hydroxylation is 1. The van der Waals surface area contributed by atoms with Gasteiger partial charge in [-0.25, -0.2) is 0 Å². The van der Waals surface area contributed by atoms with E-state index in [1.165, 1.54) is 5.56 Å². The molecule has 0 saturated heterocycles. The molecule has 2 N–H and O–H groups in total. The number of anilines is 1. The minimum absolute atomic E-state index is 0.000519. The van der Waals surface area contributed by atoms with E-state index in [0.717, 1.165) is 28.1 Å². The Kier molecular flexibility index (Phi) is 3.75. The van der Waals surface area contributed by atoms with Crippen molar-refractivity contribution in [2.75, 3.05) is 12.4 Å². The molecular formula is C18H20N2O2. The second kappa shape index (κ2) is 5.72. The molecule has 2 aromatic carbocycles. The normalized spacial score (nSPS) is 14.2. The van der Waals surface area contributed by atoms with Crippen molar-refractivity contribution >= 4 is 11.6 Å². The van der Waals surface area contributed by atoms with Crippen LogP contribution in [0.3, 0.4) is 0 Å². The topological polar surface area (TPSA) is 50.4 Å². The van der Waals surface area contributed by atoms with E-state index in [4.69, 9.17) is 4.74 Å². The summed E-state index contributed by atoms with van der Waals surface area (Å²) in [5, 5.41) is 6.29. The summed E-state index contributed by atoms with van der Waals surface area (Å²) in [5.74, 6) is 0.865. The fourth-order valence-corrected chi connectivity index (χ4v) is 2.82. The van der Waals surface area contributed by atoms with Crippen LogP contribution in [0.15, 0.2) is 36.4 Å². The number of carbonyl (C=O) groups excluding carboxylic acids is 1. The van der Waals surface area contributed by atoms with E-state index in [2.05, 4.69) is 30.5 Å². The molecular weight excluding hydrogens is 276 g/mol. The van der Waals surface area contributed by atoms with E-state index in [0.29, 0.717) is 6.54 Å². The van der Waals surface area contributed by atoms with Gasteiger partial charge in [-0.05, 0) is 37.6 Å². The molecule has 3 rings (SSSR count). The van der Waals surface area contributed by atoms with E-state index in [9.17, 15) is 4.79 Å². The summed E-state index contributed by atoms with van der Waals surface area (Å²) < 4.78 is 5.45. The second-order valence-corrected chi connectivity index (χ2v) is 5.67. The average molecular weight is 296 g/mol. The number of nitrogens with one attached hydrogen (secondary N) is 2. The maximum atomic E-state index is 11.8. The van der Waals surface area contributed by atoms with Gasteiger partial charge in [-0.2, -0.15) is 0 Å². The van der Waals surface area contributed by atoms with Crippen molar-refractivity contribution in [3.63, 3.8) is 0 Å². The van der Waals surface area contributed by atoms with Crippen molar-refractivity contribution in [3.05, 3.63) is 58.7 Å². The van der Waals surface area contributed by atoms with Gasteiger partial charge < -0.3 is 15.4 Å². The molecule has 0 spiro atoms. The summed E-state index contributed by atoms with van der Waals surface area (Å²) in [6.45, 7) is 4.77. The number of benzene rings is 2. The van der Waals surface area contributed by atoms with Crippen LogP contribution in [0.4, 0.5) is 5.69 Å². The molecule has 2 aromatic rings. The molecule has 0 saturated carbocycles. The van der Waals surface area contributed by atoms with Crippen molar-refractivity contribution < 1.29 is 9.53 Å². The maximum Gasteiger partial charge on any atom is 0.251 e. The maximum absolute atomic E-state index is 11.8. The van der Waals surface area contributed by atoms with Crippen LogP contribution in [0, 0.1) is 6.92 Å². The Labute approximate surface area is 130 Å². The third-order valence-electron chi connectivity index (χ3n) is 4.03. The summed E-state index contributed by atoms with van der Waals surface area (Å²) in [4.78, 5) is 11.8.